The molecule has 4 heteroatoms. The fraction of sp³-hybridized carbons (Fsp3) is 0.571. The van der Waals surface area contributed by atoms with E-state index in [0.717, 1.165) is 19.4 Å². The van der Waals surface area contributed by atoms with Crippen molar-refractivity contribution in [3.63, 3.8) is 0 Å². The van der Waals surface area contributed by atoms with Gasteiger partial charge in [0.2, 0.25) is 0 Å². The summed E-state index contributed by atoms with van der Waals surface area (Å²) in [7, 11) is 0. The molecule has 0 fully saturated rings. The van der Waals surface area contributed by atoms with Crippen molar-refractivity contribution in [2.45, 2.75) is 19.8 Å². The monoisotopic (exact) mass is 255 g/mol. The lowest BCUT2D eigenvalue weighted by Crippen LogP contribution is -2.18. The van der Waals surface area contributed by atoms with E-state index in [-0.39, 0.29) is 0 Å². The third kappa shape index (κ3) is 4.77. The molecule has 0 aliphatic carbocycles. The van der Waals surface area contributed by atoms with Crippen molar-refractivity contribution in [3.8, 4) is 0 Å². The summed E-state index contributed by atoms with van der Waals surface area (Å²) in [5, 5.41) is 0.633. The van der Waals surface area contributed by atoms with Crippen molar-refractivity contribution in [2.75, 3.05) is 6.54 Å². The van der Waals surface area contributed by atoms with Crippen LogP contribution in [0.25, 0.3) is 0 Å². The SMILES string of the molecule is CCCCN(C=S)C(Cl)=CBr. The summed E-state index contributed by atoms with van der Waals surface area (Å²) in [6.07, 6.45) is 2.25. The predicted molar refractivity (Wildman–Crippen MR) is 58.1 cm³/mol. The number of rotatable bonds is 5. The van der Waals surface area contributed by atoms with Gasteiger partial charge in [-0.2, -0.15) is 0 Å². The molecule has 0 aromatic rings. The number of thiocarbonyl (C=S) groups is 1. The van der Waals surface area contributed by atoms with E-state index in [1.807, 2.05) is 4.90 Å². The lowest BCUT2D eigenvalue weighted by Gasteiger charge is -2.16. The summed E-state index contributed by atoms with van der Waals surface area (Å²) < 4.78 is 0. The number of nitrogens with zero attached hydrogens (tertiary/aromatic N) is 1. The molecule has 0 atom stereocenters. The van der Waals surface area contributed by atoms with E-state index in [1.54, 1.807) is 10.5 Å². The second-order valence-electron chi connectivity index (χ2n) is 2.08. The van der Waals surface area contributed by atoms with Gasteiger partial charge in [0.25, 0.3) is 0 Å². The first kappa shape index (κ1) is 11.4. The molecular formula is C7H11BrClNS. The average Bonchev–Trinajstić information content (AvgIpc) is 2.05. The molecule has 0 heterocycles. The van der Waals surface area contributed by atoms with Crippen LogP contribution in [-0.4, -0.2) is 16.9 Å². The zero-order chi connectivity index (χ0) is 8.69. The fourth-order valence-corrected chi connectivity index (χ4v) is 1.27. The van der Waals surface area contributed by atoms with Crippen LogP contribution in [0, 0.1) is 0 Å². The third-order valence-electron chi connectivity index (χ3n) is 1.24. The van der Waals surface area contributed by atoms with Crippen molar-refractivity contribution in [1.29, 1.82) is 0 Å². The van der Waals surface area contributed by atoms with Gasteiger partial charge in [0.15, 0.2) is 0 Å². The molecule has 64 valence electrons. The van der Waals surface area contributed by atoms with Crippen LogP contribution >= 0.6 is 39.7 Å². The Morgan fingerprint density at radius 2 is 2.36 bits per heavy atom. The highest BCUT2D eigenvalue weighted by molar-refractivity contribution is 9.11. The van der Waals surface area contributed by atoms with Crippen LogP contribution in [0.1, 0.15) is 19.8 Å². The molecule has 0 rings (SSSR count). The van der Waals surface area contributed by atoms with E-state index in [4.69, 9.17) is 23.8 Å². The van der Waals surface area contributed by atoms with E-state index < -0.39 is 0 Å². The zero-order valence-corrected chi connectivity index (χ0v) is 9.55. The third-order valence-corrected chi connectivity index (χ3v) is 2.52. The van der Waals surface area contributed by atoms with Gasteiger partial charge in [0, 0.05) is 11.5 Å². The van der Waals surface area contributed by atoms with Crippen LogP contribution in [0.2, 0.25) is 0 Å². The van der Waals surface area contributed by atoms with E-state index in [2.05, 4.69) is 22.9 Å². The summed E-state index contributed by atoms with van der Waals surface area (Å²) >= 11 is 13.7. The van der Waals surface area contributed by atoms with Gasteiger partial charge in [-0.15, -0.1) is 0 Å². The Morgan fingerprint density at radius 1 is 1.73 bits per heavy atom. The molecule has 0 spiro atoms. The van der Waals surface area contributed by atoms with Crippen molar-refractivity contribution in [1.82, 2.24) is 4.90 Å². The molecule has 0 bridgehead atoms. The maximum Gasteiger partial charge on any atom is 0.116 e. The highest BCUT2D eigenvalue weighted by Gasteiger charge is 2.00. The molecule has 11 heavy (non-hydrogen) atoms. The summed E-state index contributed by atoms with van der Waals surface area (Å²) in [5.41, 5.74) is 1.57. The summed E-state index contributed by atoms with van der Waals surface area (Å²) in [4.78, 5) is 3.49. The average molecular weight is 257 g/mol. The fourth-order valence-electron chi connectivity index (χ4n) is 0.601. The number of hydrogen-bond donors (Lipinski definition) is 0. The molecule has 0 aromatic heterocycles. The van der Waals surface area contributed by atoms with Gasteiger partial charge in [-0.1, -0.05) is 53.1 Å². The normalized spacial score (nSPS) is 11.4. The van der Waals surface area contributed by atoms with Crippen molar-refractivity contribution < 1.29 is 0 Å². The minimum Gasteiger partial charge on any atom is -0.329 e. The Kier molecular flexibility index (Phi) is 7.33. The molecule has 0 amide bonds. The first-order valence-electron chi connectivity index (χ1n) is 3.44. The van der Waals surface area contributed by atoms with Crippen molar-refractivity contribution in [2.24, 2.45) is 0 Å². The largest absolute Gasteiger partial charge is 0.329 e. The highest BCUT2D eigenvalue weighted by Crippen LogP contribution is 2.10. The minimum atomic E-state index is 0.633. The van der Waals surface area contributed by atoms with Crippen LogP contribution in [0.4, 0.5) is 0 Å². The maximum absolute atomic E-state index is 5.81. The Bertz CT molecular complexity index is 149. The summed E-state index contributed by atoms with van der Waals surface area (Å²) in [6, 6.07) is 0. The van der Waals surface area contributed by atoms with Gasteiger partial charge in [-0.25, -0.2) is 0 Å². The molecule has 0 aliphatic heterocycles. The first-order valence-corrected chi connectivity index (χ1v) is 5.20. The quantitative estimate of drug-likeness (QED) is 0.547. The van der Waals surface area contributed by atoms with Crippen molar-refractivity contribution >= 4 is 45.2 Å². The van der Waals surface area contributed by atoms with Gasteiger partial charge >= 0.3 is 0 Å². The smallest absolute Gasteiger partial charge is 0.116 e. The Morgan fingerprint density at radius 3 is 2.73 bits per heavy atom. The lowest BCUT2D eigenvalue weighted by atomic mass is 10.3. The highest BCUT2D eigenvalue weighted by atomic mass is 79.9. The number of unbranched alkanes of at least 4 members (excludes halogenated alkanes) is 1. The van der Waals surface area contributed by atoms with Crippen LogP contribution in [-0.2, 0) is 0 Å². The van der Waals surface area contributed by atoms with Crippen LogP contribution in [0.5, 0.6) is 0 Å². The molecule has 0 radical (unpaired) electrons. The second kappa shape index (κ2) is 7.07. The van der Waals surface area contributed by atoms with Crippen LogP contribution in [0.15, 0.2) is 10.1 Å². The molecule has 0 unspecified atom stereocenters. The molecule has 0 saturated carbocycles. The van der Waals surface area contributed by atoms with Gasteiger partial charge in [-0.05, 0) is 6.42 Å². The van der Waals surface area contributed by atoms with Gasteiger partial charge in [0.05, 0.1) is 5.49 Å². The first-order chi connectivity index (χ1) is 5.26. The second-order valence-corrected chi connectivity index (χ2v) is 3.14. The van der Waals surface area contributed by atoms with E-state index in [9.17, 15) is 0 Å². The number of hydrogen-bond acceptors (Lipinski definition) is 1. The van der Waals surface area contributed by atoms with E-state index in [1.165, 1.54) is 0 Å². The summed E-state index contributed by atoms with van der Waals surface area (Å²) in [6.45, 7) is 3.02. The van der Waals surface area contributed by atoms with Gasteiger partial charge in [0.1, 0.15) is 5.16 Å². The lowest BCUT2D eigenvalue weighted by molar-refractivity contribution is 0.536. The maximum atomic E-state index is 5.81. The Hall–Kier alpha value is 0.400. The zero-order valence-electron chi connectivity index (χ0n) is 6.39. The summed E-state index contributed by atoms with van der Waals surface area (Å²) in [5.74, 6) is 0. The predicted octanol–water partition coefficient (Wildman–Crippen LogP) is 3.48. The molecule has 1 nitrogen and oxygen atoms in total. The van der Waals surface area contributed by atoms with Crippen LogP contribution < -0.4 is 0 Å². The van der Waals surface area contributed by atoms with Gasteiger partial charge < -0.3 is 4.90 Å². The topological polar surface area (TPSA) is 3.24 Å². The molecule has 0 aliphatic rings. The minimum absolute atomic E-state index is 0.633. The molecule has 0 N–H and O–H groups in total. The molecular weight excluding hydrogens is 246 g/mol. The van der Waals surface area contributed by atoms with Crippen molar-refractivity contribution in [3.05, 3.63) is 10.1 Å². The Labute approximate surface area is 86.5 Å². The molecule has 0 aromatic carbocycles. The standard InChI is InChI=1S/C7H11BrClNS/c1-2-3-4-10(6-11)7(9)5-8/h5-6H,2-4H2,1H3. The van der Waals surface area contributed by atoms with E-state index >= 15 is 0 Å². The Balaban J connectivity index is 3.85. The van der Waals surface area contributed by atoms with Crippen LogP contribution in [0.3, 0.4) is 0 Å². The van der Waals surface area contributed by atoms with E-state index in [0.29, 0.717) is 5.16 Å². The molecule has 0 saturated heterocycles. The van der Waals surface area contributed by atoms with Gasteiger partial charge in [-0.3, -0.25) is 0 Å². The number of halogens is 2.